The van der Waals surface area contributed by atoms with Crippen LogP contribution in [-0.2, 0) is 6.42 Å². The lowest BCUT2D eigenvalue weighted by atomic mass is 9.84. The first-order valence-corrected chi connectivity index (χ1v) is 6.54. The summed E-state index contributed by atoms with van der Waals surface area (Å²) in [5.74, 6) is 3.13. The molecule has 4 nitrogen and oxygen atoms in total. The van der Waals surface area contributed by atoms with Crippen LogP contribution < -0.4 is 5.73 Å². The molecular weight excluding hydrogens is 200 g/mol. The first-order valence-electron chi connectivity index (χ1n) is 6.54. The van der Waals surface area contributed by atoms with Gasteiger partial charge in [0.25, 0.3) is 0 Å². The molecular formula is C12H20N4. The average molecular weight is 220 g/mol. The van der Waals surface area contributed by atoms with E-state index in [-0.39, 0.29) is 0 Å². The zero-order valence-corrected chi connectivity index (χ0v) is 9.73. The molecule has 0 amide bonds. The highest BCUT2D eigenvalue weighted by Crippen LogP contribution is 2.38. The van der Waals surface area contributed by atoms with Gasteiger partial charge in [-0.15, -0.1) is 10.2 Å². The van der Waals surface area contributed by atoms with E-state index in [1.165, 1.54) is 43.8 Å². The van der Waals surface area contributed by atoms with E-state index in [1.54, 1.807) is 0 Å². The number of hydrogen-bond donors (Lipinski definition) is 1. The number of fused-ring (bicyclic) bond motifs is 1. The van der Waals surface area contributed by atoms with Gasteiger partial charge in [-0.1, -0.05) is 6.42 Å². The zero-order chi connectivity index (χ0) is 11.0. The van der Waals surface area contributed by atoms with Crippen LogP contribution in [0.15, 0.2) is 0 Å². The fraction of sp³-hybridized carbons (Fsp3) is 0.833. The van der Waals surface area contributed by atoms with E-state index in [9.17, 15) is 0 Å². The van der Waals surface area contributed by atoms with Crippen LogP contribution in [0.2, 0.25) is 0 Å². The number of hydrogen-bond acceptors (Lipinski definition) is 3. The Morgan fingerprint density at radius 3 is 2.75 bits per heavy atom. The van der Waals surface area contributed by atoms with Crippen molar-refractivity contribution in [3.05, 3.63) is 11.6 Å². The highest BCUT2D eigenvalue weighted by molar-refractivity contribution is 5.09. The summed E-state index contributed by atoms with van der Waals surface area (Å²) in [5.41, 5.74) is 5.70. The summed E-state index contributed by atoms with van der Waals surface area (Å²) in [6, 6.07) is 0.569. The van der Waals surface area contributed by atoms with Crippen molar-refractivity contribution >= 4 is 0 Å². The Hall–Kier alpha value is -0.900. The maximum atomic E-state index is 5.70. The topological polar surface area (TPSA) is 56.7 Å². The monoisotopic (exact) mass is 220 g/mol. The third-order valence-electron chi connectivity index (χ3n) is 4.07. The predicted octanol–water partition coefficient (Wildman–Crippen LogP) is 1.77. The van der Waals surface area contributed by atoms with E-state index in [0.717, 1.165) is 19.4 Å². The highest BCUT2D eigenvalue weighted by atomic mass is 15.3. The van der Waals surface area contributed by atoms with Crippen molar-refractivity contribution in [1.82, 2.24) is 14.8 Å². The van der Waals surface area contributed by atoms with Gasteiger partial charge in [0.05, 0.1) is 0 Å². The van der Waals surface area contributed by atoms with Crippen molar-refractivity contribution in [2.45, 2.75) is 56.9 Å². The first-order chi connectivity index (χ1) is 7.90. The molecule has 0 bridgehead atoms. The number of aromatic nitrogens is 3. The molecule has 2 N–H and O–H groups in total. The van der Waals surface area contributed by atoms with Crippen LogP contribution in [0.3, 0.4) is 0 Å². The van der Waals surface area contributed by atoms with Gasteiger partial charge in [-0.25, -0.2) is 0 Å². The molecule has 16 heavy (non-hydrogen) atoms. The molecule has 1 atom stereocenters. The van der Waals surface area contributed by atoms with Gasteiger partial charge in [-0.3, -0.25) is 0 Å². The van der Waals surface area contributed by atoms with Gasteiger partial charge in [0.1, 0.15) is 11.6 Å². The Labute approximate surface area is 96.2 Å². The molecule has 88 valence electrons. The lowest BCUT2D eigenvalue weighted by molar-refractivity contribution is 0.328. The second-order valence-corrected chi connectivity index (χ2v) is 5.10. The normalized spacial score (nSPS) is 25.2. The summed E-state index contributed by atoms with van der Waals surface area (Å²) in [5, 5.41) is 8.79. The van der Waals surface area contributed by atoms with E-state index in [2.05, 4.69) is 14.8 Å². The summed E-state index contributed by atoms with van der Waals surface area (Å²) in [6.45, 7) is 0.770. The van der Waals surface area contributed by atoms with Crippen LogP contribution in [0.1, 0.15) is 62.1 Å². The second kappa shape index (κ2) is 4.17. The van der Waals surface area contributed by atoms with Crippen molar-refractivity contribution in [2.75, 3.05) is 6.54 Å². The number of rotatable bonds is 3. The molecule has 0 spiro atoms. The average Bonchev–Trinajstić information content (AvgIpc) is 2.61. The van der Waals surface area contributed by atoms with Gasteiger partial charge in [-0.05, 0) is 38.6 Å². The number of nitrogens with zero attached hydrogens (tertiary/aromatic N) is 3. The number of nitrogens with two attached hydrogens (primary N) is 1. The molecule has 1 aliphatic heterocycles. The smallest absolute Gasteiger partial charge is 0.136 e. The Balaban J connectivity index is 1.92. The van der Waals surface area contributed by atoms with Crippen molar-refractivity contribution in [3.63, 3.8) is 0 Å². The van der Waals surface area contributed by atoms with Crippen LogP contribution in [0.4, 0.5) is 0 Å². The SMILES string of the molecule is NCCC1CCCc2nnc(C3CCC3)n21. The van der Waals surface area contributed by atoms with Gasteiger partial charge in [0.15, 0.2) is 0 Å². The van der Waals surface area contributed by atoms with E-state index in [4.69, 9.17) is 5.73 Å². The molecule has 0 radical (unpaired) electrons. The molecule has 1 fully saturated rings. The Kier molecular flexibility index (Phi) is 2.67. The van der Waals surface area contributed by atoms with Gasteiger partial charge in [-0.2, -0.15) is 0 Å². The van der Waals surface area contributed by atoms with Crippen LogP contribution >= 0.6 is 0 Å². The molecule has 3 rings (SSSR count). The Morgan fingerprint density at radius 2 is 2.06 bits per heavy atom. The first kappa shape index (κ1) is 10.3. The number of aryl methyl sites for hydroxylation is 1. The van der Waals surface area contributed by atoms with Crippen molar-refractivity contribution in [1.29, 1.82) is 0 Å². The molecule has 0 aromatic carbocycles. The molecule has 1 saturated carbocycles. The van der Waals surface area contributed by atoms with E-state index >= 15 is 0 Å². The lowest BCUT2D eigenvalue weighted by Crippen LogP contribution is -2.25. The van der Waals surface area contributed by atoms with Gasteiger partial charge in [0, 0.05) is 18.4 Å². The quantitative estimate of drug-likeness (QED) is 0.844. The van der Waals surface area contributed by atoms with Crippen molar-refractivity contribution in [3.8, 4) is 0 Å². The fourth-order valence-electron chi connectivity index (χ4n) is 2.94. The fourth-order valence-corrected chi connectivity index (χ4v) is 2.94. The lowest BCUT2D eigenvalue weighted by Gasteiger charge is -2.31. The minimum atomic E-state index is 0.569. The Morgan fingerprint density at radius 1 is 1.19 bits per heavy atom. The molecule has 1 aliphatic carbocycles. The van der Waals surface area contributed by atoms with E-state index < -0.39 is 0 Å². The standard InChI is InChI=1S/C12H20N4/c13-8-7-10-5-2-6-11-14-15-12(16(10)11)9-3-1-4-9/h9-10H,1-8,13H2. The third kappa shape index (κ3) is 1.56. The molecule has 0 saturated heterocycles. The molecule has 1 aromatic rings. The summed E-state index contributed by atoms with van der Waals surface area (Å²) in [7, 11) is 0. The van der Waals surface area contributed by atoms with E-state index in [0.29, 0.717) is 12.0 Å². The summed E-state index contributed by atoms with van der Waals surface area (Å²) >= 11 is 0. The summed E-state index contributed by atoms with van der Waals surface area (Å²) < 4.78 is 2.42. The maximum Gasteiger partial charge on any atom is 0.136 e. The van der Waals surface area contributed by atoms with Crippen LogP contribution in [0.25, 0.3) is 0 Å². The minimum Gasteiger partial charge on any atom is -0.330 e. The van der Waals surface area contributed by atoms with Crippen LogP contribution in [0.5, 0.6) is 0 Å². The molecule has 4 heteroatoms. The second-order valence-electron chi connectivity index (χ2n) is 5.10. The molecule has 2 aliphatic rings. The highest BCUT2D eigenvalue weighted by Gasteiger charge is 2.30. The Bertz CT molecular complexity index is 367. The minimum absolute atomic E-state index is 0.569. The largest absolute Gasteiger partial charge is 0.330 e. The molecule has 1 aromatic heterocycles. The third-order valence-corrected chi connectivity index (χ3v) is 4.07. The van der Waals surface area contributed by atoms with Gasteiger partial charge in [0.2, 0.25) is 0 Å². The molecule has 1 unspecified atom stereocenters. The van der Waals surface area contributed by atoms with Crippen molar-refractivity contribution in [2.24, 2.45) is 5.73 Å². The van der Waals surface area contributed by atoms with Crippen molar-refractivity contribution < 1.29 is 0 Å². The van der Waals surface area contributed by atoms with Crippen LogP contribution in [-0.4, -0.2) is 21.3 Å². The van der Waals surface area contributed by atoms with Gasteiger partial charge >= 0.3 is 0 Å². The summed E-state index contributed by atoms with van der Waals surface area (Å²) in [6.07, 6.45) is 8.62. The van der Waals surface area contributed by atoms with Gasteiger partial charge < -0.3 is 10.3 Å². The molecule has 2 heterocycles. The van der Waals surface area contributed by atoms with Crippen LogP contribution in [0, 0.1) is 0 Å². The summed E-state index contributed by atoms with van der Waals surface area (Å²) in [4.78, 5) is 0. The predicted molar refractivity (Wildman–Crippen MR) is 62.3 cm³/mol. The maximum absolute atomic E-state index is 5.70. The van der Waals surface area contributed by atoms with E-state index in [1.807, 2.05) is 0 Å². The zero-order valence-electron chi connectivity index (χ0n) is 9.73.